The molecule has 1 fully saturated rings. The van der Waals surface area contributed by atoms with Gasteiger partial charge in [-0.15, -0.1) is 0 Å². The summed E-state index contributed by atoms with van der Waals surface area (Å²) < 4.78 is 5.76. The van der Waals surface area contributed by atoms with Crippen molar-refractivity contribution >= 4 is 21.8 Å². The third-order valence-electron chi connectivity index (χ3n) is 3.88. The zero-order chi connectivity index (χ0) is 15.7. The highest BCUT2D eigenvalue weighted by Crippen LogP contribution is 2.42. The average molecular weight is 366 g/mol. The van der Waals surface area contributed by atoms with Gasteiger partial charge in [-0.3, -0.25) is 4.79 Å². The number of rotatable bonds is 3. The molecule has 0 aliphatic carbocycles. The maximum atomic E-state index is 12.4. The van der Waals surface area contributed by atoms with Gasteiger partial charge in [0.25, 0.3) is 0 Å². The standard InChI is InChI=1S/C16H16BrNO4/c17-16-10(8-14(21)18-5-1-2-6-18)15(11(19)9-12(16)20)13-4-3-7-22-13/h3-4,7,9,19-20H,1-2,5-6,8H2. The Kier molecular flexibility index (Phi) is 4.11. The number of hydrogen-bond donors (Lipinski definition) is 2. The second-order valence-electron chi connectivity index (χ2n) is 5.32. The van der Waals surface area contributed by atoms with Crippen LogP contribution in [0.2, 0.25) is 0 Å². The summed E-state index contributed by atoms with van der Waals surface area (Å²) in [6.45, 7) is 1.52. The number of nitrogens with zero attached hydrogens (tertiary/aromatic N) is 1. The first kappa shape index (κ1) is 15.0. The molecule has 3 rings (SSSR count). The first-order valence-corrected chi connectivity index (χ1v) is 7.92. The molecule has 2 aromatic rings. The third kappa shape index (κ3) is 2.70. The van der Waals surface area contributed by atoms with E-state index in [1.165, 1.54) is 12.3 Å². The van der Waals surface area contributed by atoms with Gasteiger partial charge in [0.15, 0.2) is 0 Å². The first-order valence-electron chi connectivity index (χ1n) is 7.13. The van der Waals surface area contributed by atoms with Crippen molar-refractivity contribution in [2.45, 2.75) is 19.3 Å². The Bertz CT molecular complexity index is 691. The van der Waals surface area contributed by atoms with E-state index >= 15 is 0 Å². The van der Waals surface area contributed by atoms with E-state index in [0.29, 0.717) is 21.4 Å². The summed E-state index contributed by atoms with van der Waals surface area (Å²) >= 11 is 3.31. The lowest BCUT2D eigenvalue weighted by atomic mass is 10.00. The van der Waals surface area contributed by atoms with Gasteiger partial charge in [0.1, 0.15) is 17.3 Å². The summed E-state index contributed by atoms with van der Waals surface area (Å²) in [5.74, 6) is 0.232. The van der Waals surface area contributed by atoms with E-state index in [9.17, 15) is 15.0 Å². The quantitative estimate of drug-likeness (QED) is 0.874. The average Bonchev–Trinajstić information content (AvgIpc) is 3.17. The van der Waals surface area contributed by atoms with E-state index in [-0.39, 0.29) is 23.8 Å². The smallest absolute Gasteiger partial charge is 0.227 e. The summed E-state index contributed by atoms with van der Waals surface area (Å²) in [6.07, 6.45) is 3.63. The molecule has 0 spiro atoms. The molecule has 2 N–H and O–H groups in total. The summed E-state index contributed by atoms with van der Waals surface area (Å²) in [5.41, 5.74) is 0.964. The summed E-state index contributed by atoms with van der Waals surface area (Å²) in [4.78, 5) is 14.2. The molecule has 22 heavy (non-hydrogen) atoms. The molecule has 1 aromatic heterocycles. The number of furan rings is 1. The molecule has 2 heterocycles. The second-order valence-corrected chi connectivity index (χ2v) is 6.12. The fraction of sp³-hybridized carbons (Fsp3) is 0.312. The number of amides is 1. The minimum atomic E-state index is -0.111. The van der Waals surface area contributed by atoms with Gasteiger partial charge in [-0.25, -0.2) is 0 Å². The van der Waals surface area contributed by atoms with Crippen molar-refractivity contribution in [1.29, 1.82) is 0 Å². The molecule has 1 amide bonds. The largest absolute Gasteiger partial charge is 0.507 e. The van der Waals surface area contributed by atoms with E-state index in [0.717, 1.165) is 25.9 Å². The van der Waals surface area contributed by atoms with Crippen molar-refractivity contribution < 1.29 is 19.4 Å². The van der Waals surface area contributed by atoms with Gasteiger partial charge in [0.05, 0.1) is 22.7 Å². The zero-order valence-corrected chi connectivity index (χ0v) is 13.5. The van der Waals surface area contributed by atoms with Gasteiger partial charge in [-0.2, -0.15) is 0 Å². The predicted molar refractivity (Wildman–Crippen MR) is 84.7 cm³/mol. The molecule has 1 aromatic carbocycles. The Morgan fingerprint density at radius 1 is 1.27 bits per heavy atom. The third-order valence-corrected chi connectivity index (χ3v) is 4.76. The molecule has 1 aliphatic rings. The van der Waals surface area contributed by atoms with E-state index in [2.05, 4.69) is 15.9 Å². The van der Waals surface area contributed by atoms with Crippen molar-refractivity contribution in [3.05, 3.63) is 34.5 Å². The Morgan fingerprint density at radius 2 is 2.00 bits per heavy atom. The number of hydrogen-bond acceptors (Lipinski definition) is 4. The number of phenolic OH excluding ortho intramolecular Hbond substituents is 2. The molecule has 0 atom stereocenters. The molecule has 116 valence electrons. The van der Waals surface area contributed by atoms with Crippen LogP contribution in [-0.4, -0.2) is 34.1 Å². The van der Waals surface area contributed by atoms with Crippen LogP contribution in [-0.2, 0) is 11.2 Å². The molecule has 1 aliphatic heterocycles. The van der Waals surface area contributed by atoms with Crippen molar-refractivity contribution in [2.75, 3.05) is 13.1 Å². The lowest BCUT2D eigenvalue weighted by Gasteiger charge is -2.18. The minimum Gasteiger partial charge on any atom is -0.507 e. The normalized spacial score (nSPS) is 14.5. The number of likely N-dealkylation sites (tertiary alicyclic amines) is 1. The van der Waals surface area contributed by atoms with E-state index in [4.69, 9.17) is 4.42 Å². The van der Waals surface area contributed by atoms with Crippen LogP contribution in [0.5, 0.6) is 11.5 Å². The maximum Gasteiger partial charge on any atom is 0.227 e. The van der Waals surface area contributed by atoms with Crippen molar-refractivity contribution in [3.8, 4) is 22.8 Å². The number of carbonyl (C=O) groups excluding carboxylic acids is 1. The number of phenols is 2. The monoisotopic (exact) mass is 365 g/mol. The first-order chi connectivity index (χ1) is 10.6. The Morgan fingerprint density at radius 3 is 2.64 bits per heavy atom. The molecule has 6 heteroatoms. The van der Waals surface area contributed by atoms with Gasteiger partial charge < -0.3 is 19.5 Å². The van der Waals surface area contributed by atoms with Crippen LogP contribution in [0.3, 0.4) is 0 Å². The fourth-order valence-electron chi connectivity index (χ4n) is 2.78. The summed E-state index contributed by atoms with van der Waals surface area (Å²) in [6, 6.07) is 4.66. The van der Waals surface area contributed by atoms with Crippen LogP contribution >= 0.6 is 15.9 Å². The van der Waals surface area contributed by atoms with Crippen molar-refractivity contribution in [3.63, 3.8) is 0 Å². The molecule has 0 bridgehead atoms. The van der Waals surface area contributed by atoms with Crippen LogP contribution in [0.4, 0.5) is 0 Å². The van der Waals surface area contributed by atoms with Crippen LogP contribution < -0.4 is 0 Å². The fourth-order valence-corrected chi connectivity index (χ4v) is 3.23. The number of carbonyl (C=O) groups is 1. The van der Waals surface area contributed by atoms with Gasteiger partial charge in [-0.1, -0.05) is 0 Å². The number of aromatic hydroxyl groups is 2. The van der Waals surface area contributed by atoms with E-state index < -0.39 is 0 Å². The van der Waals surface area contributed by atoms with Gasteiger partial charge in [0.2, 0.25) is 5.91 Å². The zero-order valence-electron chi connectivity index (χ0n) is 11.9. The minimum absolute atomic E-state index is 0.0176. The maximum absolute atomic E-state index is 12.4. The predicted octanol–water partition coefficient (Wildman–Crippen LogP) is 3.29. The second kappa shape index (κ2) is 6.04. The van der Waals surface area contributed by atoms with E-state index in [1.54, 1.807) is 17.0 Å². The van der Waals surface area contributed by atoms with Crippen LogP contribution in [0, 0.1) is 0 Å². The molecule has 0 unspecified atom stereocenters. The van der Waals surface area contributed by atoms with E-state index in [1.807, 2.05) is 0 Å². The van der Waals surface area contributed by atoms with Crippen molar-refractivity contribution in [1.82, 2.24) is 4.90 Å². The number of benzene rings is 1. The molecule has 0 saturated carbocycles. The van der Waals surface area contributed by atoms with Gasteiger partial charge in [-0.05, 0) is 46.5 Å². The molecule has 5 nitrogen and oxygen atoms in total. The van der Waals surface area contributed by atoms with Gasteiger partial charge in [0, 0.05) is 19.2 Å². The molecule has 1 saturated heterocycles. The topological polar surface area (TPSA) is 73.9 Å². The Labute approximate surface area is 136 Å². The Hall–Kier alpha value is -1.95. The van der Waals surface area contributed by atoms with Crippen molar-refractivity contribution in [2.24, 2.45) is 0 Å². The number of halogens is 1. The lowest BCUT2D eigenvalue weighted by molar-refractivity contribution is -0.129. The summed E-state index contributed by atoms with van der Waals surface area (Å²) in [5, 5.41) is 20.1. The van der Waals surface area contributed by atoms with Gasteiger partial charge >= 0.3 is 0 Å². The highest BCUT2D eigenvalue weighted by Gasteiger charge is 2.25. The highest BCUT2D eigenvalue weighted by molar-refractivity contribution is 9.10. The molecular weight excluding hydrogens is 350 g/mol. The van der Waals surface area contributed by atoms with Crippen LogP contribution in [0.15, 0.2) is 33.4 Å². The Balaban J connectivity index is 2.03. The highest BCUT2D eigenvalue weighted by atomic mass is 79.9. The molecule has 0 radical (unpaired) electrons. The summed E-state index contributed by atoms with van der Waals surface area (Å²) in [7, 11) is 0. The van der Waals surface area contributed by atoms with Crippen LogP contribution in [0.25, 0.3) is 11.3 Å². The SMILES string of the molecule is O=C(Cc1c(Br)c(O)cc(O)c1-c1ccco1)N1CCCC1. The molecular formula is C16H16BrNO4. The lowest BCUT2D eigenvalue weighted by Crippen LogP contribution is -2.29. The van der Waals surface area contributed by atoms with Crippen LogP contribution in [0.1, 0.15) is 18.4 Å².